The van der Waals surface area contributed by atoms with E-state index in [1.807, 2.05) is 0 Å². The van der Waals surface area contributed by atoms with Gasteiger partial charge in [0.15, 0.2) is 0 Å². The van der Waals surface area contributed by atoms with Crippen LogP contribution in [0.3, 0.4) is 0 Å². The van der Waals surface area contributed by atoms with E-state index < -0.39 is 0 Å². The second-order valence-corrected chi connectivity index (χ2v) is 7.43. The SMILES string of the molecule is C1C2SSC1SS2. The molecule has 2 rings (SSSR count). The standard InChI is InChI=1S/C3H4S4/c1-2-4-6-3(1)7-5-2/h2-3H,1H2. The van der Waals surface area contributed by atoms with Gasteiger partial charge in [0.2, 0.25) is 0 Å². The Kier molecular flexibility index (Phi) is 1.47. The highest BCUT2D eigenvalue weighted by atomic mass is 33.2. The van der Waals surface area contributed by atoms with E-state index in [1.165, 1.54) is 6.42 Å². The molecule has 0 spiro atoms. The molecule has 0 aliphatic carbocycles. The van der Waals surface area contributed by atoms with Crippen molar-refractivity contribution in [2.24, 2.45) is 0 Å². The van der Waals surface area contributed by atoms with Gasteiger partial charge in [-0.2, -0.15) is 0 Å². The van der Waals surface area contributed by atoms with Crippen molar-refractivity contribution < 1.29 is 0 Å². The number of hydrogen-bond donors (Lipinski definition) is 0. The van der Waals surface area contributed by atoms with Crippen LogP contribution in [0.4, 0.5) is 0 Å². The Morgan fingerprint density at radius 2 is 1.29 bits per heavy atom. The molecule has 2 bridgehead atoms. The van der Waals surface area contributed by atoms with Crippen LogP contribution in [0, 0.1) is 0 Å². The first-order chi connectivity index (χ1) is 3.45. The second-order valence-electron chi connectivity index (χ2n) is 1.48. The summed E-state index contributed by atoms with van der Waals surface area (Å²) in [6, 6.07) is 0. The van der Waals surface area contributed by atoms with Crippen molar-refractivity contribution in [2.45, 2.75) is 15.6 Å². The first-order valence-electron chi connectivity index (χ1n) is 2.09. The fourth-order valence-corrected chi connectivity index (χ4v) is 9.29. The topological polar surface area (TPSA) is 0 Å². The monoisotopic (exact) mass is 168 g/mol. The van der Waals surface area contributed by atoms with Gasteiger partial charge >= 0.3 is 0 Å². The van der Waals surface area contributed by atoms with E-state index in [2.05, 4.69) is 43.2 Å². The molecule has 0 aromatic heterocycles. The van der Waals surface area contributed by atoms with Crippen LogP contribution in [0.5, 0.6) is 0 Å². The van der Waals surface area contributed by atoms with Crippen LogP contribution in [0.1, 0.15) is 6.42 Å². The predicted octanol–water partition coefficient (Wildman–Crippen LogP) is 2.82. The average Bonchev–Trinajstić information content (AvgIpc) is 2.22. The van der Waals surface area contributed by atoms with Gasteiger partial charge in [0, 0.05) is 0 Å². The molecule has 40 valence electrons. The van der Waals surface area contributed by atoms with Gasteiger partial charge in [0.1, 0.15) is 0 Å². The van der Waals surface area contributed by atoms with Crippen molar-refractivity contribution in [3.63, 3.8) is 0 Å². The molecule has 7 heavy (non-hydrogen) atoms. The molecule has 2 saturated heterocycles. The Balaban J connectivity index is 2.12. The van der Waals surface area contributed by atoms with Gasteiger partial charge in [-0.1, -0.05) is 43.2 Å². The highest BCUT2D eigenvalue weighted by Gasteiger charge is 2.34. The van der Waals surface area contributed by atoms with Crippen LogP contribution in [0.25, 0.3) is 0 Å². The second kappa shape index (κ2) is 1.97. The van der Waals surface area contributed by atoms with Crippen LogP contribution < -0.4 is 0 Å². The van der Waals surface area contributed by atoms with Gasteiger partial charge in [-0.25, -0.2) is 0 Å². The quantitative estimate of drug-likeness (QED) is 0.510. The van der Waals surface area contributed by atoms with Crippen molar-refractivity contribution >= 4 is 43.2 Å². The van der Waals surface area contributed by atoms with E-state index in [-0.39, 0.29) is 0 Å². The molecule has 0 aromatic rings. The van der Waals surface area contributed by atoms with E-state index in [0.29, 0.717) is 0 Å². The molecule has 0 radical (unpaired) electrons. The maximum Gasteiger partial charge on any atom is 0.0729 e. The zero-order chi connectivity index (χ0) is 4.69. The van der Waals surface area contributed by atoms with Gasteiger partial charge in [-0.3, -0.25) is 0 Å². The average molecular weight is 168 g/mol. The molecular weight excluding hydrogens is 164 g/mol. The highest BCUT2D eigenvalue weighted by Crippen LogP contribution is 2.64. The smallest absolute Gasteiger partial charge is 0.0729 e. The summed E-state index contributed by atoms with van der Waals surface area (Å²) in [6.45, 7) is 0. The van der Waals surface area contributed by atoms with Crippen molar-refractivity contribution in [3.8, 4) is 0 Å². The summed E-state index contributed by atoms with van der Waals surface area (Å²) in [6.07, 6.45) is 1.44. The third-order valence-electron chi connectivity index (χ3n) is 0.925. The van der Waals surface area contributed by atoms with E-state index in [0.717, 1.165) is 9.16 Å². The summed E-state index contributed by atoms with van der Waals surface area (Å²) in [7, 11) is 8.20. The van der Waals surface area contributed by atoms with Crippen LogP contribution >= 0.6 is 43.2 Å². The number of hydrogen-bond acceptors (Lipinski definition) is 4. The van der Waals surface area contributed by atoms with E-state index in [4.69, 9.17) is 0 Å². The first-order valence-corrected chi connectivity index (χ1v) is 6.64. The van der Waals surface area contributed by atoms with Crippen molar-refractivity contribution in [3.05, 3.63) is 0 Å². The minimum atomic E-state index is 0.931. The summed E-state index contributed by atoms with van der Waals surface area (Å²) >= 11 is 0. The Morgan fingerprint density at radius 1 is 0.857 bits per heavy atom. The first kappa shape index (κ1) is 5.21. The summed E-state index contributed by atoms with van der Waals surface area (Å²) in [5, 5.41) is 0. The Hall–Kier alpha value is 1.40. The number of rotatable bonds is 0. The molecule has 0 saturated carbocycles. The largest absolute Gasteiger partial charge is 0.0776 e. The molecule has 2 fully saturated rings. The molecule has 0 amide bonds. The van der Waals surface area contributed by atoms with Crippen molar-refractivity contribution in [1.82, 2.24) is 0 Å². The molecule has 0 aromatic carbocycles. The van der Waals surface area contributed by atoms with Crippen LogP contribution in [0.15, 0.2) is 0 Å². The van der Waals surface area contributed by atoms with E-state index in [1.54, 1.807) is 0 Å². The van der Waals surface area contributed by atoms with Gasteiger partial charge in [-0.15, -0.1) is 0 Å². The third kappa shape index (κ3) is 0.910. The Morgan fingerprint density at radius 3 is 1.43 bits per heavy atom. The van der Waals surface area contributed by atoms with Crippen molar-refractivity contribution in [2.75, 3.05) is 0 Å². The minimum absolute atomic E-state index is 0.931. The molecule has 0 nitrogen and oxygen atoms in total. The van der Waals surface area contributed by atoms with E-state index >= 15 is 0 Å². The molecular formula is C3H4S4. The van der Waals surface area contributed by atoms with Gasteiger partial charge < -0.3 is 0 Å². The van der Waals surface area contributed by atoms with Gasteiger partial charge in [0.25, 0.3) is 0 Å². The lowest BCUT2D eigenvalue weighted by Crippen LogP contribution is -1.81. The number of fused-ring (bicyclic) bond motifs is 2. The summed E-state index contributed by atoms with van der Waals surface area (Å²) in [4.78, 5) is 0. The molecule has 0 unspecified atom stereocenters. The molecule has 0 atom stereocenters. The molecule has 2 heterocycles. The van der Waals surface area contributed by atoms with Crippen LogP contribution in [-0.4, -0.2) is 9.16 Å². The zero-order valence-electron chi connectivity index (χ0n) is 3.49. The highest BCUT2D eigenvalue weighted by molar-refractivity contribution is 8.93. The van der Waals surface area contributed by atoms with Crippen LogP contribution in [0.2, 0.25) is 0 Å². The predicted molar refractivity (Wildman–Crippen MR) is 42.6 cm³/mol. The van der Waals surface area contributed by atoms with Gasteiger partial charge in [-0.05, 0) is 6.42 Å². The third-order valence-corrected chi connectivity index (χ3v) is 8.85. The Bertz CT molecular complexity index is 65.0. The summed E-state index contributed by atoms with van der Waals surface area (Å²) in [5.74, 6) is 0. The molecule has 2 aliphatic rings. The molecule has 4 heteroatoms. The maximum absolute atomic E-state index is 2.05. The lowest BCUT2D eigenvalue weighted by Gasteiger charge is -2.03. The molecule has 2 aliphatic heterocycles. The maximum atomic E-state index is 2.05. The van der Waals surface area contributed by atoms with Gasteiger partial charge in [0.05, 0.1) is 9.16 Å². The Labute approximate surface area is 58.7 Å². The normalized spacial score (nSPS) is 48.0. The summed E-state index contributed by atoms with van der Waals surface area (Å²) < 4.78 is 1.86. The molecule has 0 N–H and O–H groups in total. The fraction of sp³-hybridized carbons (Fsp3) is 1.00. The van der Waals surface area contributed by atoms with E-state index in [9.17, 15) is 0 Å². The minimum Gasteiger partial charge on any atom is -0.0776 e. The van der Waals surface area contributed by atoms with Crippen molar-refractivity contribution in [1.29, 1.82) is 0 Å². The lowest BCUT2D eigenvalue weighted by molar-refractivity contribution is 1.07. The lowest BCUT2D eigenvalue weighted by atomic mass is 10.6. The summed E-state index contributed by atoms with van der Waals surface area (Å²) in [5.41, 5.74) is 0. The van der Waals surface area contributed by atoms with Crippen LogP contribution in [-0.2, 0) is 0 Å². The zero-order valence-corrected chi connectivity index (χ0v) is 6.76. The fourth-order valence-electron chi connectivity index (χ4n) is 0.594.